The molecule has 0 heterocycles. The summed E-state index contributed by atoms with van der Waals surface area (Å²) in [6.07, 6.45) is 1.23. The highest BCUT2D eigenvalue weighted by Gasteiger charge is 2.16. The van der Waals surface area contributed by atoms with Gasteiger partial charge >= 0.3 is 0 Å². The van der Waals surface area contributed by atoms with E-state index in [1.807, 2.05) is 6.92 Å². The molecule has 2 atom stereocenters. The summed E-state index contributed by atoms with van der Waals surface area (Å²) < 4.78 is 26.0. The molecular weight excluding hydrogens is 166 g/mol. The normalized spacial score (nSPS) is 17.8. The van der Waals surface area contributed by atoms with E-state index in [0.717, 1.165) is 6.26 Å². The molecule has 0 bridgehead atoms. The zero-order valence-electron chi connectivity index (χ0n) is 7.07. The third kappa shape index (κ3) is 5.17. The minimum Gasteiger partial charge on any atom is -0.326 e. The van der Waals surface area contributed by atoms with Gasteiger partial charge in [-0.15, -0.1) is 0 Å². The van der Waals surface area contributed by atoms with Crippen molar-refractivity contribution in [2.24, 2.45) is 5.73 Å². The lowest BCUT2D eigenvalue weighted by Crippen LogP contribution is -2.34. The van der Waals surface area contributed by atoms with Crippen LogP contribution in [0.1, 0.15) is 20.3 Å². The Balaban J connectivity index is 4.10. The predicted molar refractivity (Wildman–Crippen MR) is 43.7 cm³/mol. The van der Waals surface area contributed by atoms with E-state index < -0.39 is 16.2 Å². The van der Waals surface area contributed by atoms with Crippen LogP contribution in [-0.2, 0) is 14.3 Å². The van der Waals surface area contributed by atoms with Crippen LogP contribution in [0.2, 0.25) is 0 Å². The first-order valence-electron chi connectivity index (χ1n) is 3.50. The smallest absolute Gasteiger partial charge is 0.264 e. The molecule has 0 aromatic carbocycles. The molecule has 0 amide bonds. The van der Waals surface area contributed by atoms with Gasteiger partial charge in [-0.3, -0.25) is 4.18 Å². The lowest BCUT2D eigenvalue weighted by molar-refractivity contribution is 0.182. The minimum absolute atomic E-state index is 0.255. The summed E-state index contributed by atoms with van der Waals surface area (Å²) in [5, 5.41) is 0. The van der Waals surface area contributed by atoms with Crippen LogP contribution in [0.4, 0.5) is 0 Å². The van der Waals surface area contributed by atoms with Gasteiger partial charge in [0.25, 0.3) is 10.1 Å². The molecule has 2 N–H and O–H groups in total. The van der Waals surface area contributed by atoms with Gasteiger partial charge in [-0.25, -0.2) is 0 Å². The van der Waals surface area contributed by atoms with Crippen molar-refractivity contribution in [1.29, 1.82) is 0 Å². The molecule has 68 valence electrons. The topological polar surface area (TPSA) is 69.4 Å². The number of nitrogens with two attached hydrogens (primary N) is 1. The monoisotopic (exact) mass is 181 g/mol. The van der Waals surface area contributed by atoms with Crippen molar-refractivity contribution in [3.63, 3.8) is 0 Å². The zero-order chi connectivity index (χ0) is 9.07. The third-order valence-electron chi connectivity index (χ3n) is 1.29. The van der Waals surface area contributed by atoms with Crippen LogP contribution in [0.25, 0.3) is 0 Å². The van der Waals surface area contributed by atoms with Crippen molar-refractivity contribution in [3.8, 4) is 0 Å². The molecule has 5 heteroatoms. The molecule has 0 aliphatic rings. The van der Waals surface area contributed by atoms with E-state index in [4.69, 9.17) is 9.92 Å². The van der Waals surface area contributed by atoms with E-state index in [1.54, 1.807) is 6.92 Å². The van der Waals surface area contributed by atoms with E-state index in [-0.39, 0.29) is 6.04 Å². The molecule has 0 saturated heterocycles. The number of hydrogen-bond donors (Lipinski definition) is 1. The predicted octanol–water partition coefficient (Wildman–Crippen LogP) is 0.0884. The Morgan fingerprint density at radius 3 is 2.09 bits per heavy atom. The Morgan fingerprint density at radius 2 is 2.00 bits per heavy atom. The van der Waals surface area contributed by atoms with E-state index in [2.05, 4.69) is 0 Å². The fourth-order valence-corrected chi connectivity index (χ4v) is 1.51. The fourth-order valence-electron chi connectivity index (χ4n) is 0.752. The van der Waals surface area contributed by atoms with Gasteiger partial charge < -0.3 is 5.73 Å². The standard InChI is InChI=1S/C6H15NO3S/c1-4-6(5(2)7)10-11(3,8)9/h5-6H,4,7H2,1-3H3. The van der Waals surface area contributed by atoms with Crippen LogP contribution in [0.5, 0.6) is 0 Å². The molecular formula is C6H15NO3S. The first-order valence-corrected chi connectivity index (χ1v) is 5.32. The largest absolute Gasteiger partial charge is 0.326 e. The summed E-state index contributed by atoms with van der Waals surface area (Å²) in [6, 6.07) is -0.255. The van der Waals surface area contributed by atoms with Crippen LogP contribution >= 0.6 is 0 Å². The number of hydrogen-bond acceptors (Lipinski definition) is 4. The van der Waals surface area contributed by atoms with Crippen molar-refractivity contribution in [1.82, 2.24) is 0 Å². The molecule has 11 heavy (non-hydrogen) atoms. The summed E-state index contributed by atoms with van der Waals surface area (Å²) >= 11 is 0. The summed E-state index contributed by atoms with van der Waals surface area (Å²) in [5.41, 5.74) is 5.46. The van der Waals surface area contributed by atoms with Gasteiger partial charge in [0.05, 0.1) is 12.4 Å². The highest BCUT2D eigenvalue weighted by Crippen LogP contribution is 2.05. The second kappa shape index (κ2) is 4.04. The fraction of sp³-hybridized carbons (Fsp3) is 1.00. The lowest BCUT2D eigenvalue weighted by Gasteiger charge is -2.17. The molecule has 4 nitrogen and oxygen atoms in total. The maximum Gasteiger partial charge on any atom is 0.264 e. The maximum absolute atomic E-state index is 10.6. The summed E-state index contributed by atoms with van der Waals surface area (Å²) in [5.74, 6) is 0. The van der Waals surface area contributed by atoms with Crippen LogP contribution in [-0.4, -0.2) is 26.8 Å². The van der Waals surface area contributed by atoms with Gasteiger partial charge in [-0.1, -0.05) is 6.92 Å². The van der Waals surface area contributed by atoms with Gasteiger partial charge in [0.2, 0.25) is 0 Å². The Hall–Kier alpha value is -0.130. The molecule has 0 radical (unpaired) electrons. The highest BCUT2D eigenvalue weighted by atomic mass is 32.2. The molecule has 0 aliphatic heterocycles. The van der Waals surface area contributed by atoms with Crippen LogP contribution < -0.4 is 5.73 Å². The van der Waals surface area contributed by atoms with Crippen molar-refractivity contribution >= 4 is 10.1 Å². The van der Waals surface area contributed by atoms with Gasteiger partial charge in [0.1, 0.15) is 0 Å². The molecule has 0 fully saturated rings. The lowest BCUT2D eigenvalue weighted by atomic mass is 10.1. The van der Waals surface area contributed by atoms with Gasteiger partial charge in [-0.2, -0.15) is 8.42 Å². The zero-order valence-corrected chi connectivity index (χ0v) is 7.89. The van der Waals surface area contributed by atoms with Gasteiger partial charge in [0, 0.05) is 6.04 Å². The first kappa shape index (κ1) is 10.9. The molecule has 0 aromatic rings. The van der Waals surface area contributed by atoms with Crippen LogP contribution in [0.15, 0.2) is 0 Å². The molecule has 0 aliphatic carbocycles. The van der Waals surface area contributed by atoms with Crippen molar-refractivity contribution in [2.45, 2.75) is 32.4 Å². The van der Waals surface area contributed by atoms with E-state index in [9.17, 15) is 8.42 Å². The summed E-state index contributed by atoms with van der Waals surface area (Å²) in [4.78, 5) is 0. The molecule has 2 unspecified atom stereocenters. The van der Waals surface area contributed by atoms with E-state index >= 15 is 0 Å². The Bertz CT molecular complexity index is 198. The van der Waals surface area contributed by atoms with Gasteiger partial charge in [-0.05, 0) is 13.3 Å². The average molecular weight is 181 g/mol. The van der Waals surface area contributed by atoms with E-state index in [1.165, 1.54) is 0 Å². The van der Waals surface area contributed by atoms with Crippen molar-refractivity contribution in [2.75, 3.05) is 6.26 Å². The van der Waals surface area contributed by atoms with Crippen LogP contribution in [0.3, 0.4) is 0 Å². The first-order chi connectivity index (χ1) is 4.87. The SMILES string of the molecule is CCC(OS(C)(=O)=O)C(C)N. The molecule has 0 aromatic heterocycles. The Labute approximate surface area is 67.9 Å². The number of rotatable bonds is 4. The van der Waals surface area contributed by atoms with Gasteiger partial charge in [0.15, 0.2) is 0 Å². The van der Waals surface area contributed by atoms with Crippen molar-refractivity contribution < 1.29 is 12.6 Å². The average Bonchev–Trinajstić information content (AvgIpc) is 1.80. The molecule has 0 rings (SSSR count). The molecule has 0 spiro atoms. The molecule has 0 saturated carbocycles. The third-order valence-corrected chi connectivity index (χ3v) is 1.88. The Morgan fingerprint density at radius 1 is 1.55 bits per heavy atom. The summed E-state index contributed by atoms with van der Waals surface area (Å²) in [7, 11) is -3.36. The highest BCUT2D eigenvalue weighted by molar-refractivity contribution is 7.86. The second-order valence-electron chi connectivity index (χ2n) is 2.61. The quantitative estimate of drug-likeness (QED) is 0.624. The second-order valence-corrected chi connectivity index (χ2v) is 4.21. The minimum atomic E-state index is -3.36. The summed E-state index contributed by atoms with van der Waals surface area (Å²) in [6.45, 7) is 3.55. The maximum atomic E-state index is 10.6. The van der Waals surface area contributed by atoms with Crippen LogP contribution in [0, 0.1) is 0 Å². The van der Waals surface area contributed by atoms with E-state index in [0.29, 0.717) is 6.42 Å². The van der Waals surface area contributed by atoms with Crippen molar-refractivity contribution in [3.05, 3.63) is 0 Å². The Kier molecular flexibility index (Phi) is 3.99.